The van der Waals surface area contributed by atoms with Gasteiger partial charge in [-0.2, -0.15) is 0 Å². The quantitative estimate of drug-likeness (QED) is 0.730. The molecule has 2 amide bonds. The molecule has 19 heavy (non-hydrogen) atoms. The molecular formula is C14H18N2O3. The van der Waals surface area contributed by atoms with Gasteiger partial charge in [0.1, 0.15) is 0 Å². The van der Waals surface area contributed by atoms with Crippen LogP contribution in [0.5, 0.6) is 0 Å². The van der Waals surface area contributed by atoms with Gasteiger partial charge < -0.3 is 15.7 Å². The standard InChI is InChI=1S/C14H18N2O3/c1-5-10(4)15-14(19)16-12-9(3)6-8(2)7-11(12)13(17)18/h5-7,10H,1H2,2-4H3,(H,17,18)(H2,15,16,19). The Labute approximate surface area is 112 Å². The zero-order chi connectivity index (χ0) is 14.6. The van der Waals surface area contributed by atoms with Crippen LogP contribution in [-0.2, 0) is 0 Å². The van der Waals surface area contributed by atoms with E-state index in [4.69, 9.17) is 5.11 Å². The number of aromatic carboxylic acids is 1. The molecule has 0 aliphatic rings. The summed E-state index contributed by atoms with van der Waals surface area (Å²) in [4.78, 5) is 22.9. The van der Waals surface area contributed by atoms with Gasteiger partial charge in [-0.25, -0.2) is 9.59 Å². The van der Waals surface area contributed by atoms with Gasteiger partial charge in [0.05, 0.1) is 11.3 Å². The van der Waals surface area contributed by atoms with Crippen molar-refractivity contribution in [3.63, 3.8) is 0 Å². The van der Waals surface area contributed by atoms with E-state index >= 15 is 0 Å². The third kappa shape index (κ3) is 3.84. The Morgan fingerprint density at radius 1 is 1.37 bits per heavy atom. The predicted octanol–water partition coefficient (Wildman–Crippen LogP) is 2.70. The van der Waals surface area contributed by atoms with Crippen LogP contribution in [0, 0.1) is 13.8 Å². The fourth-order valence-corrected chi connectivity index (χ4v) is 1.72. The topological polar surface area (TPSA) is 78.4 Å². The van der Waals surface area contributed by atoms with Gasteiger partial charge in [-0.05, 0) is 38.0 Å². The molecule has 3 N–H and O–H groups in total. The number of hydrogen-bond acceptors (Lipinski definition) is 2. The lowest BCUT2D eigenvalue weighted by molar-refractivity contribution is 0.0698. The Bertz CT molecular complexity index is 524. The van der Waals surface area contributed by atoms with Crippen LogP contribution in [0.1, 0.15) is 28.4 Å². The Balaban J connectivity index is 3.03. The van der Waals surface area contributed by atoms with Crippen molar-refractivity contribution in [2.45, 2.75) is 26.8 Å². The number of carbonyl (C=O) groups is 2. The third-order valence-electron chi connectivity index (χ3n) is 2.66. The minimum Gasteiger partial charge on any atom is -0.478 e. The average molecular weight is 262 g/mol. The van der Waals surface area contributed by atoms with Gasteiger partial charge in [-0.3, -0.25) is 0 Å². The normalized spacial score (nSPS) is 11.5. The van der Waals surface area contributed by atoms with Crippen LogP contribution >= 0.6 is 0 Å². The highest BCUT2D eigenvalue weighted by atomic mass is 16.4. The zero-order valence-corrected chi connectivity index (χ0v) is 11.3. The van der Waals surface area contributed by atoms with Crippen molar-refractivity contribution < 1.29 is 14.7 Å². The molecule has 0 aromatic heterocycles. The highest BCUT2D eigenvalue weighted by Crippen LogP contribution is 2.22. The second-order valence-corrected chi connectivity index (χ2v) is 4.43. The molecule has 1 atom stereocenters. The van der Waals surface area contributed by atoms with E-state index in [1.54, 1.807) is 19.9 Å². The largest absolute Gasteiger partial charge is 0.478 e. The molecule has 0 heterocycles. The van der Waals surface area contributed by atoms with Crippen molar-refractivity contribution >= 4 is 17.7 Å². The van der Waals surface area contributed by atoms with Crippen LogP contribution in [0.25, 0.3) is 0 Å². The Hall–Kier alpha value is -2.30. The van der Waals surface area contributed by atoms with Crippen LogP contribution in [0.4, 0.5) is 10.5 Å². The number of anilines is 1. The first-order chi connectivity index (χ1) is 8.85. The average Bonchev–Trinajstić information content (AvgIpc) is 2.31. The summed E-state index contributed by atoms with van der Waals surface area (Å²) in [5.74, 6) is -1.07. The zero-order valence-electron chi connectivity index (χ0n) is 11.3. The molecule has 5 heteroatoms. The molecule has 0 bridgehead atoms. The van der Waals surface area contributed by atoms with Crippen molar-refractivity contribution in [3.8, 4) is 0 Å². The second kappa shape index (κ2) is 6.04. The lowest BCUT2D eigenvalue weighted by atomic mass is 10.0. The van der Waals surface area contributed by atoms with E-state index in [2.05, 4.69) is 17.2 Å². The van der Waals surface area contributed by atoms with Crippen LogP contribution in [0.15, 0.2) is 24.8 Å². The van der Waals surface area contributed by atoms with Crippen molar-refractivity contribution in [2.75, 3.05) is 5.32 Å². The van der Waals surface area contributed by atoms with Gasteiger partial charge in [0.15, 0.2) is 0 Å². The maximum Gasteiger partial charge on any atom is 0.337 e. The number of benzene rings is 1. The first-order valence-electron chi connectivity index (χ1n) is 5.89. The van der Waals surface area contributed by atoms with Gasteiger partial charge >= 0.3 is 12.0 Å². The van der Waals surface area contributed by atoms with E-state index in [1.807, 2.05) is 13.0 Å². The molecule has 1 aromatic carbocycles. The molecular weight excluding hydrogens is 244 g/mol. The Morgan fingerprint density at radius 3 is 2.53 bits per heavy atom. The lowest BCUT2D eigenvalue weighted by Crippen LogP contribution is -2.35. The fourth-order valence-electron chi connectivity index (χ4n) is 1.72. The summed E-state index contributed by atoms with van der Waals surface area (Å²) in [5, 5.41) is 14.4. The number of amides is 2. The predicted molar refractivity (Wildman–Crippen MR) is 74.7 cm³/mol. The van der Waals surface area contributed by atoms with Gasteiger partial charge in [0, 0.05) is 6.04 Å². The fraction of sp³-hybridized carbons (Fsp3) is 0.286. The van der Waals surface area contributed by atoms with Crippen molar-refractivity contribution in [1.82, 2.24) is 5.32 Å². The van der Waals surface area contributed by atoms with Crippen LogP contribution in [0.3, 0.4) is 0 Å². The van der Waals surface area contributed by atoms with E-state index in [0.29, 0.717) is 11.3 Å². The molecule has 1 unspecified atom stereocenters. The minimum atomic E-state index is -1.07. The molecule has 0 saturated heterocycles. The van der Waals surface area contributed by atoms with E-state index in [1.165, 1.54) is 6.07 Å². The summed E-state index contributed by atoms with van der Waals surface area (Å²) in [6.45, 7) is 8.89. The van der Waals surface area contributed by atoms with Crippen LogP contribution in [0.2, 0.25) is 0 Å². The summed E-state index contributed by atoms with van der Waals surface area (Å²) >= 11 is 0. The highest BCUT2D eigenvalue weighted by Gasteiger charge is 2.16. The van der Waals surface area contributed by atoms with Crippen molar-refractivity contribution in [1.29, 1.82) is 0 Å². The maximum atomic E-state index is 11.7. The Morgan fingerprint density at radius 2 is 2.00 bits per heavy atom. The summed E-state index contributed by atoms with van der Waals surface area (Å²) in [6.07, 6.45) is 1.58. The summed E-state index contributed by atoms with van der Waals surface area (Å²) in [6, 6.07) is 2.70. The smallest absolute Gasteiger partial charge is 0.337 e. The van der Waals surface area contributed by atoms with E-state index < -0.39 is 12.0 Å². The number of carbonyl (C=O) groups excluding carboxylic acids is 1. The number of nitrogens with one attached hydrogen (secondary N) is 2. The number of rotatable bonds is 4. The molecule has 0 aliphatic carbocycles. The lowest BCUT2D eigenvalue weighted by Gasteiger charge is -2.15. The Kier molecular flexibility index (Phi) is 4.69. The highest BCUT2D eigenvalue weighted by molar-refractivity contribution is 6.01. The molecule has 102 valence electrons. The second-order valence-electron chi connectivity index (χ2n) is 4.43. The first-order valence-corrected chi connectivity index (χ1v) is 5.89. The number of carboxylic acid groups (broad SMARTS) is 1. The van der Waals surface area contributed by atoms with Crippen LogP contribution < -0.4 is 10.6 Å². The molecule has 1 rings (SSSR count). The molecule has 0 saturated carbocycles. The molecule has 5 nitrogen and oxygen atoms in total. The van der Waals surface area contributed by atoms with Crippen molar-refractivity contribution in [2.24, 2.45) is 0 Å². The molecule has 0 radical (unpaired) electrons. The van der Waals surface area contributed by atoms with Gasteiger partial charge in [0.25, 0.3) is 0 Å². The number of urea groups is 1. The van der Waals surface area contributed by atoms with Gasteiger partial charge in [-0.15, -0.1) is 6.58 Å². The molecule has 0 fully saturated rings. The maximum absolute atomic E-state index is 11.7. The molecule has 1 aromatic rings. The van der Waals surface area contributed by atoms with Crippen LogP contribution in [-0.4, -0.2) is 23.1 Å². The number of aryl methyl sites for hydroxylation is 2. The van der Waals surface area contributed by atoms with E-state index in [0.717, 1.165) is 5.56 Å². The summed E-state index contributed by atoms with van der Waals surface area (Å²) < 4.78 is 0. The first kappa shape index (κ1) is 14.8. The molecule has 0 aliphatic heterocycles. The minimum absolute atomic E-state index is 0.0823. The number of carboxylic acids is 1. The van der Waals surface area contributed by atoms with Crippen molar-refractivity contribution in [3.05, 3.63) is 41.5 Å². The molecule has 0 spiro atoms. The number of hydrogen-bond donors (Lipinski definition) is 3. The third-order valence-corrected chi connectivity index (χ3v) is 2.66. The SMILES string of the molecule is C=CC(C)NC(=O)Nc1c(C)cc(C)cc1C(=O)O. The summed E-state index contributed by atoms with van der Waals surface area (Å²) in [5.41, 5.74) is 1.94. The van der Waals surface area contributed by atoms with E-state index in [9.17, 15) is 9.59 Å². The van der Waals surface area contributed by atoms with Gasteiger partial charge in [0.2, 0.25) is 0 Å². The monoisotopic (exact) mass is 262 g/mol. The summed E-state index contributed by atoms with van der Waals surface area (Å²) in [7, 11) is 0. The van der Waals surface area contributed by atoms with E-state index in [-0.39, 0.29) is 11.6 Å². The van der Waals surface area contributed by atoms with Gasteiger partial charge in [-0.1, -0.05) is 12.1 Å².